The van der Waals surface area contributed by atoms with E-state index in [1.807, 2.05) is 18.3 Å². The number of nitrogens with zero attached hydrogens (tertiary/aromatic N) is 2. The van der Waals surface area contributed by atoms with Gasteiger partial charge in [-0.1, -0.05) is 0 Å². The molecule has 1 aliphatic carbocycles. The molecule has 2 aromatic rings. The van der Waals surface area contributed by atoms with Crippen LogP contribution in [0.5, 0.6) is 5.75 Å². The molecule has 1 heterocycles. The lowest BCUT2D eigenvalue weighted by atomic mass is 9.92. The van der Waals surface area contributed by atoms with E-state index < -0.39 is 0 Å². The number of phenols is 1. The van der Waals surface area contributed by atoms with Crippen LogP contribution in [0.25, 0.3) is 11.4 Å². The van der Waals surface area contributed by atoms with E-state index in [-0.39, 0.29) is 11.9 Å². The van der Waals surface area contributed by atoms with Gasteiger partial charge < -0.3 is 14.8 Å². The van der Waals surface area contributed by atoms with Gasteiger partial charge in [-0.25, -0.2) is 4.98 Å². The van der Waals surface area contributed by atoms with Gasteiger partial charge in [-0.2, -0.15) is 0 Å². The van der Waals surface area contributed by atoms with Crippen LogP contribution in [0.2, 0.25) is 0 Å². The number of rotatable bonds is 2. The van der Waals surface area contributed by atoms with E-state index in [4.69, 9.17) is 0 Å². The molecular formula is C15H18N2O2. The van der Waals surface area contributed by atoms with Crippen LogP contribution in [0.4, 0.5) is 0 Å². The van der Waals surface area contributed by atoms with Gasteiger partial charge in [0.25, 0.3) is 0 Å². The Hall–Kier alpha value is -1.81. The second-order valence-corrected chi connectivity index (χ2v) is 5.18. The average molecular weight is 258 g/mol. The number of hydrogen-bond acceptors (Lipinski definition) is 3. The van der Waals surface area contributed by atoms with Crippen LogP contribution < -0.4 is 0 Å². The first-order chi connectivity index (χ1) is 9.24. The highest BCUT2D eigenvalue weighted by Crippen LogP contribution is 2.32. The van der Waals surface area contributed by atoms with Crippen molar-refractivity contribution in [3.05, 3.63) is 36.7 Å². The van der Waals surface area contributed by atoms with Crippen molar-refractivity contribution >= 4 is 0 Å². The summed E-state index contributed by atoms with van der Waals surface area (Å²) in [5, 5.41) is 19.2. The van der Waals surface area contributed by atoms with Crippen molar-refractivity contribution < 1.29 is 10.2 Å². The Morgan fingerprint density at radius 1 is 1.16 bits per heavy atom. The van der Waals surface area contributed by atoms with Crippen LogP contribution >= 0.6 is 0 Å². The lowest BCUT2D eigenvalue weighted by Crippen LogP contribution is -2.22. The van der Waals surface area contributed by atoms with E-state index in [9.17, 15) is 10.2 Å². The van der Waals surface area contributed by atoms with E-state index in [0.717, 1.165) is 37.1 Å². The van der Waals surface area contributed by atoms with E-state index in [2.05, 4.69) is 9.55 Å². The van der Waals surface area contributed by atoms with E-state index in [1.165, 1.54) is 0 Å². The van der Waals surface area contributed by atoms with E-state index >= 15 is 0 Å². The molecule has 0 radical (unpaired) electrons. The van der Waals surface area contributed by atoms with Gasteiger partial charge in [-0.3, -0.25) is 0 Å². The van der Waals surface area contributed by atoms with Gasteiger partial charge in [-0.05, 0) is 49.9 Å². The highest BCUT2D eigenvalue weighted by molar-refractivity contribution is 5.56. The molecule has 2 N–H and O–H groups in total. The molecule has 0 amide bonds. The second-order valence-electron chi connectivity index (χ2n) is 5.18. The number of hydrogen-bond donors (Lipinski definition) is 2. The van der Waals surface area contributed by atoms with Crippen LogP contribution in [0.1, 0.15) is 31.7 Å². The summed E-state index contributed by atoms with van der Waals surface area (Å²) >= 11 is 0. The van der Waals surface area contributed by atoms with Crippen molar-refractivity contribution in [2.75, 3.05) is 0 Å². The van der Waals surface area contributed by atoms with Gasteiger partial charge in [0.15, 0.2) is 0 Å². The molecule has 1 saturated carbocycles. The number of aliphatic hydroxyl groups excluding tert-OH is 1. The molecule has 0 saturated heterocycles. The summed E-state index contributed by atoms with van der Waals surface area (Å²) < 4.78 is 2.15. The Morgan fingerprint density at radius 2 is 1.95 bits per heavy atom. The fourth-order valence-electron chi connectivity index (χ4n) is 2.83. The Balaban J connectivity index is 1.91. The maximum Gasteiger partial charge on any atom is 0.140 e. The molecule has 0 spiro atoms. The summed E-state index contributed by atoms with van der Waals surface area (Å²) in [6, 6.07) is 7.39. The predicted octanol–water partition coefficient (Wildman–Crippen LogP) is 2.73. The first kappa shape index (κ1) is 12.2. The predicted molar refractivity (Wildman–Crippen MR) is 72.8 cm³/mol. The van der Waals surface area contributed by atoms with Gasteiger partial charge in [0.1, 0.15) is 11.6 Å². The standard InChI is InChI=1S/C15H18N2O2/c18-13-6-4-11(5-7-13)15-16-8-9-17(15)12-2-1-3-14(19)10-12/h4-9,12,14,18-19H,1-3,10H2/t12-,14+/m1/s1. The van der Waals surface area contributed by atoms with Crippen molar-refractivity contribution in [2.24, 2.45) is 0 Å². The highest BCUT2D eigenvalue weighted by atomic mass is 16.3. The molecule has 0 unspecified atom stereocenters. The summed E-state index contributed by atoms with van der Waals surface area (Å²) in [7, 11) is 0. The Morgan fingerprint density at radius 3 is 2.68 bits per heavy atom. The van der Waals surface area contributed by atoms with Gasteiger partial charge in [-0.15, -0.1) is 0 Å². The van der Waals surface area contributed by atoms with Crippen molar-refractivity contribution in [3.8, 4) is 17.1 Å². The summed E-state index contributed by atoms with van der Waals surface area (Å²) in [4.78, 5) is 4.42. The van der Waals surface area contributed by atoms with E-state index in [0.29, 0.717) is 6.04 Å². The number of aromatic nitrogens is 2. The van der Waals surface area contributed by atoms with Crippen molar-refractivity contribution in [3.63, 3.8) is 0 Å². The lowest BCUT2D eigenvalue weighted by molar-refractivity contribution is 0.104. The lowest BCUT2D eigenvalue weighted by Gasteiger charge is -2.28. The molecule has 1 aliphatic rings. The first-order valence-corrected chi connectivity index (χ1v) is 6.74. The zero-order chi connectivity index (χ0) is 13.2. The summed E-state index contributed by atoms with van der Waals surface area (Å²) in [5.41, 5.74) is 0.989. The van der Waals surface area contributed by atoms with Gasteiger partial charge >= 0.3 is 0 Å². The van der Waals surface area contributed by atoms with Crippen molar-refractivity contribution in [1.82, 2.24) is 9.55 Å². The number of aliphatic hydroxyl groups is 1. The molecule has 1 aromatic carbocycles. The number of aromatic hydroxyl groups is 1. The summed E-state index contributed by atoms with van der Waals surface area (Å²) in [5.74, 6) is 1.16. The van der Waals surface area contributed by atoms with Crippen LogP contribution in [-0.4, -0.2) is 25.9 Å². The zero-order valence-electron chi connectivity index (χ0n) is 10.7. The van der Waals surface area contributed by atoms with E-state index in [1.54, 1.807) is 18.3 Å². The number of phenolic OH excluding ortho intramolecular Hbond substituents is 1. The van der Waals surface area contributed by atoms with Crippen LogP contribution in [0.3, 0.4) is 0 Å². The number of benzene rings is 1. The molecule has 0 aliphatic heterocycles. The molecule has 4 heteroatoms. The van der Waals surface area contributed by atoms with Gasteiger partial charge in [0.2, 0.25) is 0 Å². The maximum absolute atomic E-state index is 9.81. The fraction of sp³-hybridized carbons (Fsp3) is 0.400. The minimum Gasteiger partial charge on any atom is -0.508 e. The largest absolute Gasteiger partial charge is 0.508 e. The molecular weight excluding hydrogens is 240 g/mol. The van der Waals surface area contributed by atoms with Gasteiger partial charge in [0.05, 0.1) is 6.10 Å². The minimum atomic E-state index is -0.200. The molecule has 0 bridgehead atoms. The van der Waals surface area contributed by atoms with Gasteiger partial charge in [0, 0.05) is 24.0 Å². The molecule has 3 rings (SSSR count). The molecule has 4 nitrogen and oxygen atoms in total. The average Bonchev–Trinajstić information content (AvgIpc) is 2.89. The fourth-order valence-corrected chi connectivity index (χ4v) is 2.83. The highest BCUT2D eigenvalue weighted by Gasteiger charge is 2.23. The molecule has 19 heavy (non-hydrogen) atoms. The summed E-state index contributed by atoms with van der Waals surface area (Å²) in [6.07, 6.45) is 7.40. The maximum atomic E-state index is 9.81. The Kier molecular flexibility index (Phi) is 3.25. The monoisotopic (exact) mass is 258 g/mol. The smallest absolute Gasteiger partial charge is 0.140 e. The topological polar surface area (TPSA) is 58.3 Å². The Labute approximate surface area is 112 Å². The zero-order valence-corrected chi connectivity index (χ0v) is 10.7. The third-order valence-corrected chi connectivity index (χ3v) is 3.81. The molecule has 1 fully saturated rings. The normalized spacial score (nSPS) is 23.4. The third-order valence-electron chi connectivity index (χ3n) is 3.81. The van der Waals surface area contributed by atoms with Crippen LogP contribution in [0, 0.1) is 0 Å². The molecule has 2 atom stereocenters. The number of imidazole rings is 1. The molecule has 100 valence electrons. The van der Waals surface area contributed by atoms with Crippen molar-refractivity contribution in [1.29, 1.82) is 0 Å². The minimum absolute atomic E-state index is 0.200. The molecule has 1 aromatic heterocycles. The second kappa shape index (κ2) is 5.05. The quantitative estimate of drug-likeness (QED) is 0.870. The SMILES string of the molecule is Oc1ccc(-c2nccn2[C@@H]2CCC[C@H](O)C2)cc1. The first-order valence-electron chi connectivity index (χ1n) is 6.74. The third kappa shape index (κ3) is 2.49. The van der Waals surface area contributed by atoms with Crippen molar-refractivity contribution in [2.45, 2.75) is 37.8 Å². The van der Waals surface area contributed by atoms with Crippen LogP contribution in [-0.2, 0) is 0 Å². The van der Waals surface area contributed by atoms with Crippen LogP contribution in [0.15, 0.2) is 36.7 Å². The summed E-state index contributed by atoms with van der Waals surface area (Å²) in [6.45, 7) is 0. The Bertz CT molecular complexity index is 548.